The molecule has 0 atom stereocenters. The lowest BCUT2D eigenvalue weighted by atomic mass is 10.3. The topological polar surface area (TPSA) is 107 Å². The van der Waals surface area contributed by atoms with Crippen LogP contribution in [0.15, 0.2) is 58.6 Å². The number of nitrogens with two attached hydrogens (primary N) is 1. The van der Waals surface area contributed by atoms with Crippen molar-refractivity contribution in [1.82, 2.24) is 14.9 Å². The number of amides is 1. The molecular weight excluding hydrogens is 408 g/mol. The van der Waals surface area contributed by atoms with Gasteiger partial charge in [0.15, 0.2) is 5.82 Å². The molecule has 0 aliphatic carbocycles. The highest BCUT2D eigenvalue weighted by Gasteiger charge is 2.13. The minimum atomic E-state index is -0.127. The fraction of sp³-hybridized carbons (Fsp3) is 0.211. The molecule has 0 aliphatic rings. The Morgan fingerprint density at radius 3 is 2.66 bits per heavy atom. The molecule has 4 N–H and O–H groups in total. The van der Waals surface area contributed by atoms with Gasteiger partial charge >= 0.3 is 0 Å². The van der Waals surface area contributed by atoms with Gasteiger partial charge in [-0.05, 0) is 42.7 Å². The maximum absolute atomic E-state index is 12.3. The second kappa shape index (κ2) is 10.1. The summed E-state index contributed by atoms with van der Waals surface area (Å²) in [5, 5.41) is 14.8. The lowest BCUT2D eigenvalue weighted by Crippen LogP contribution is -2.18. The number of hydrogen-bond acceptors (Lipinski definition) is 8. The Labute approximate surface area is 177 Å². The average Bonchev–Trinajstić information content (AvgIpc) is 3.11. The molecule has 0 aliphatic heterocycles. The zero-order chi connectivity index (χ0) is 20.6. The SMILES string of the molecule is COc1ccc(NCc2nnc(SCC(=O)Nc3ccccc3SC)n2N)cc1. The molecule has 0 radical (unpaired) electrons. The molecule has 3 rings (SSSR count). The molecule has 2 aromatic carbocycles. The van der Waals surface area contributed by atoms with Gasteiger partial charge in [-0.1, -0.05) is 23.9 Å². The zero-order valence-corrected chi connectivity index (χ0v) is 17.7. The smallest absolute Gasteiger partial charge is 0.234 e. The van der Waals surface area contributed by atoms with E-state index in [1.807, 2.05) is 54.8 Å². The van der Waals surface area contributed by atoms with E-state index in [1.165, 1.54) is 16.4 Å². The van der Waals surface area contributed by atoms with Crippen LogP contribution in [0.4, 0.5) is 11.4 Å². The highest BCUT2D eigenvalue weighted by Crippen LogP contribution is 2.25. The number of nitrogens with one attached hydrogen (secondary N) is 2. The van der Waals surface area contributed by atoms with Crippen LogP contribution in [-0.4, -0.2) is 39.9 Å². The summed E-state index contributed by atoms with van der Waals surface area (Å²) in [6.07, 6.45) is 1.97. The van der Waals surface area contributed by atoms with E-state index in [0.717, 1.165) is 22.0 Å². The van der Waals surface area contributed by atoms with Crippen molar-refractivity contribution in [3.8, 4) is 5.75 Å². The number of para-hydroxylation sites is 1. The molecule has 0 saturated carbocycles. The van der Waals surface area contributed by atoms with Gasteiger partial charge in [0.05, 0.1) is 25.1 Å². The number of ether oxygens (including phenoxy) is 1. The summed E-state index contributed by atoms with van der Waals surface area (Å²) in [5.74, 6) is 7.48. The number of benzene rings is 2. The Bertz CT molecular complexity index is 962. The lowest BCUT2D eigenvalue weighted by molar-refractivity contribution is -0.113. The second-order valence-electron chi connectivity index (χ2n) is 5.89. The van der Waals surface area contributed by atoms with Gasteiger partial charge < -0.3 is 21.2 Å². The van der Waals surface area contributed by atoms with Crippen LogP contribution >= 0.6 is 23.5 Å². The highest BCUT2D eigenvalue weighted by atomic mass is 32.2. The Kier molecular flexibility index (Phi) is 7.25. The number of aromatic nitrogens is 3. The maximum Gasteiger partial charge on any atom is 0.234 e. The van der Waals surface area contributed by atoms with E-state index in [1.54, 1.807) is 18.9 Å². The van der Waals surface area contributed by atoms with Crippen molar-refractivity contribution in [2.24, 2.45) is 0 Å². The van der Waals surface area contributed by atoms with Gasteiger partial charge in [0, 0.05) is 10.6 Å². The molecule has 1 amide bonds. The molecular formula is C19H22N6O2S2. The standard InChI is InChI=1S/C19H22N6O2S2/c1-27-14-9-7-13(8-10-14)21-11-17-23-24-19(25(17)20)29-12-18(26)22-15-5-3-4-6-16(15)28-2/h3-10,21H,11-12,20H2,1-2H3,(H,22,26). The minimum Gasteiger partial charge on any atom is -0.497 e. The van der Waals surface area contributed by atoms with Gasteiger partial charge in [0.1, 0.15) is 5.75 Å². The van der Waals surface area contributed by atoms with Crippen LogP contribution in [0.3, 0.4) is 0 Å². The van der Waals surface area contributed by atoms with Gasteiger partial charge in [-0.25, -0.2) is 4.68 Å². The minimum absolute atomic E-state index is 0.127. The Hall–Kier alpha value is -2.85. The van der Waals surface area contributed by atoms with Gasteiger partial charge in [0.2, 0.25) is 11.1 Å². The number of thioether (sulfide) groups is 2. The van der Waals surface area contributed by atoms with Crippen LogP contribution in [0.5, 0.6) is 5.75 Å². The molecule has 3 aromatic rings. The largest absolute Gasteiger partial charge is 0.497 e. The van der Waals surface area contributed by atoms with Crippen LogP contribution < -0.4 is 21.2 Å². The maximum atomic E-state index is 12.3. The van der Waals surface area contributed by atoms with Gasteiger partial charge in [-0.2, -0.15) is 0 Å². The van der Waals surface area contributed by atoms with Crippen molar-refractivity contribution in [2.75, 3.05) is 35.6 Å². The molecule has 1 heterocycles. The van der Waals surface area contributed by atoms with Crippen LogP contribution in [0.1, 0.15) is 5.82 Å². The Morgan fingerprint density at radius 2 is 1.93 bits per heavy atom. The normalized spacial score (nSPS) is 10.6. The first-order chi connectivity index (χ1) is 14.1. The summed E-state index contributed by atoms with van der Waals surface area (Å²) in [6, 6.07) is 15.2. The van der Waals surface area contributed by atoms with Crippen molar-refractivity contribution in [3.63, 3.8) is 0 Å². The van der Waals surface area contributed by atoms with Crippen molar-refractivity contribution < 1.29 is 9.53 Å². The number of carbonyl (C=O) groups is 1. The third-order valence-electron chi connectivity index (χ3n) is 3.99. The van der Waals surface area contributed by atoms with Crippen molar-refractivity contribution in [3.05, 3.63) is 54.4 Å². The third kappa shape index (κ3) is 5.58. The average molecular weight is 431 g/mol. The third-order valence-corrected chi connectivity index (χ3v) is 5.73. The first-order valence-electron chi connectivity index (χ1n) is 8.73. The highest BCUT2D eigenvalue weighted by molar-refractivity contribution is 7.99. The number of carbonyl (C=O) groups excluding carboxylic acids is 1. The number of methoxy groups -OCH3 is 1. The van der Waals surface area contributed by atoms with Crippen molar-refractivity contribution in [1.29, 1.82) is 0 Å². The molecule has 29 heavy (non-hydrogen) atoms. The van der Waals surface area contributed by atoms with Crippen LogP contribution in [-0.2, 0) is 11.3 Å². The van der Waals surface area contributed by atoms with Crippen molar-refractivity contribution >= 4 is 40.8 Å². The zero-order valence-electron chi connectivity index (χ0n) is 16.1. The van der Waals surface area contributed by atoms with E-state index in [2.05, 4.69) is 20.8 Å². The lowest BCUT2D eigenvalue weighted by Gasteiger charge is -2.09. The van der Waals surface area contributed by atoms with E-state index < -0.39 is 0 Å². The van der Waals surface area contributed by atoms with Crippen molar-refractivity contribution in [2.45, 2.75) is 16.6 Å². The first kappa shape index (κ1) is 20.9. The van der Waals surface area contributed by atoms with E-state index >= 15 is 0 Å². The monoisotopic (exact) mass is 430 g/mol. The number of hydrogen-bond donors (Lipinski definition) is 3. The number of nitrogens with zero attached hydrogens (tertiary/aromatic N) is 3. The molecule has 1 aromatic heterocycles. The molecule has 8 nitrogen and oxygen atoms in total. The summed E-state index contributed by atoms with van der Waals surface area (Å²) in [6.45, 7) is 0.406. The van der Waals surface area contributed by atoms with Crippen LogP contribution in [0, 0.1) is 0 Å². The summed E-state index contributed by atoms with van der Waals surface area (Å²) < 4.78 is 6.53. The molecule has 10 heteroatoms. The molecule has 0 bridgehead atoms. The van der Waals surface area contributed by atoms with Gasteiger partial charge in [0.25, 0.3) is 0 Å². The number of anilines is 2. The van der Waals surface area contributed by atoms with Gasteiger partial charge in [-0.3, -0.25) is 4.79 Å². The summed E-state index contributed by atoms with van der Waals surface area (Å²) in [5.41, 5.74) is 1.71. The second-order valence-corrected chi connectivity index (χ2v) is 7.68. The molecule has 0 fully saturated rings. The Balaban J connectivity index is 1.53. The molecule has 0 saturated heterocycles. The number of nitrogen functional groups attached to an aromatic ring is 1. The molecule has 0 unspecified atom stereocenters. The predicted octanol–water partition coefficient (Wildman–Crippen LogP) is 3.07. The molecule has 0 spiro atoms. The predicted molar refractivity (Wildman–Crippen MR) is 118 cm³/mol. The van der Waals surface area contributed by atoms with E-state index in [-0.39, 0.29) is 11.7 Å². The van der Waals surface area contributed by atoms with Crippen LogP contribution in [0.25, 0.3) is 0 Å². The first-order valence-corrected chi connectivity index (χ1v) is 10.9. The number of rotatable bonds is 9. The van der Waals surface area contributed by atoms with E-state index in [0.29, 0.717) is 17.5 Å². The summed E-state index contributed by atoms with van der Waals surface area (Å²) in [7, 11) is 1.63. The van der Waals surface area contributed by atoms with Crippen LogP contribution in [0.2, 0.25) is 0 Å². The fourth-order valence-corrected chi connectivity index (χ4v) is 3.71. The quantitative estimate of drug-likeness (QED) is 0.351. The Morgan fingerprint density at radius 1 is 1.17 bits per heavy atom. The summed E-state index contributed by atoms with van der Waals surface area (Å²) >= 11 is 2.82. The van der Waals surface area contributed by atoms with Gasteiger partial charge in [-0.15, -0.1) is 22.0 Å². The van der Waals surface area contributed by atoms with E-state index in [4.69, 9.17) is 10.6 Å². The fourth-order valence-electron chi connectivity index (χ4n) is 2.48. The van der Waals surface area contributed by atoms with E-state index in [9.17, 15) is 4.79 Å². The molecule has 152 valence electrons. The summed E-state index contributed by atoms with van der Waals surface area (Å²) in [4.78, 5) is 13.3.